The van der Waals surface area contributed by atoms with Crippen molar-refractivity contribution in [1.82, 2.24) is 9.62 Å². The molecule has 0 aliphatic carbocycles. The van der Waals surface area contributed by atoms with Crippen molar-refractivity contribution in [2.24, 2.45) is 0 Å². The third kappa shape index (κ3) is 5.17. The quantitative estimate of drug-likeness (QED) is 0.632. The van der Waals surface area contributed by atoms with Crippen molar-refractivity contribution in [3.05, 3.63) is 42.4 Å². The van der Waals surface area contributed by atoms with E-state index >= 15 is 0 Å². The fourth-order valence-electron chi connectivity index (χ4n) is 2.85. The van der Waals surface area contributed by atoms with Gasteiger partial charge in [0.15, 0.2) is 5.76 Å². The molecule has 3 rings (SSSR count). The smallest absolute Gasteiger partial charge is 0.287 e. The van der Waals surface area contributed by atoms with E-state index in [1.807, 2.05) is 0 Å². The predicted octanol–water partition coefficient (Wildman–Crippen LogP) is 1.07. The molecule has 1 saturated heterocycles. The van der Waals surface area contributed by atoms with Gasteiger partial charge in [-0.15, -0.1) is 0 Å². The number of benzene rings is 1. The summed E-state index contributed by atoms with van der Waals surface area (Å²) in [5.74, 6) is -0.762. The molecular weight excluding hydrogens is 414 g/mol. The first kappa shape index (κ1) is 21.8. The maximum Gasteiger partial charge on any atom is 0.287 e. The van der Waals surface area contributed by atoms with Crippen molar-refractivity contribution in [3.8, 4) is 5.75 Å². The molecule has 1 aliphatic heterocycles. The lowest BCUT2D eigenvalue weighted by Gasteiger charge is -2.27. The standard InChI is InChI=1S/C19H23N3O7S/c1-2-28-15-6-5-14(12-17(15)30(25,26)22-7-10-27-11-8-22)21-18(23)13-20-19(24)16-4-3-9-29-16/h3-6,9,12H,2,7-8,10-11,13H2,1H3,(H,20,24)(H,21,23). The van der Waals surface area contributed by atoms with E-state index in [1.165, 1.54) is 34.8 Å². The van der Waals surface area contributed by atoms with Crippen LogP contribution in [0.3, 0.4) is 0 Å². The topological polar surface area (TPSA) is 127 Å². The minimum absolute atomic E-state index is 0.0383. The van der Waals surface area contributed by atoms with Crippen LogP contribution in [0.25, 0.3) is 0 Å². The minimum Gasteiger partial charge on any atom is -0.492 e. The predicted molar refractivity (Wildman–Crippen MR) is 107 cm³/mol. The highest BCUT2D eigenvalue weighted by Crippen LogP contribution is 2.30. The Balaban J connectivity index is 1.73. The van der Waals surface area contributed by atoms with Crippen LogP contribution in [0.2, 0.25) is 0 Å². The third-order valence-corrected chi connectivity index (χ3v) is 6.19. The number of sulfonamides is 1. The van der Waals surface area contributed by atoms with Crippen LogP contribution in [0.5, 0.6) is 5.75 Å². The molecule has 30 heavy (non-hydrogen) atoms. The molecule has 2 heterocycles. The lowest BCUT2D eigenvalue weighted by molar-refractivity contribution is -0.115. The molecule has 1 aliphatic rings. The van der Waals surface area contributed by atoms with Crippen LogP contribution >= 0.6 is 0 Å². The first-order valence-corrected chi connectivity index (χ1v) is 10.8. The number of amides is 2. The van der Waals surface area contributed by atoms with E-state index in [4.69, 9.17) is 13.9 Å². The van der Waals surface area contributed by atoms with Crippen LogP contribution < -0.4 is 15.4 Å². The molecule has 162 valence electrons. The third-order valence-electron chi connectivity index (χ3n) is 4.27. The van der Waals surface area contributed by atoms with Gasteiger partial charge in [0.2, 0.25) is 15.9 Å². The largest absolute Gasteiger partial charge is 0.492 e. The second kappa shape index (κ2) is 9.74. The van der Waals surface area contributed by atoms with Gasteiger partial charge in [0.05, 0.1) is 32.6 Å². The van der Waals surface area contributed by atoms with Gasteiger partial charge >= 0.3 is 0 Å². The van der Waals surface area contributed by atoms with E-state index in [0.29, 0.717) is 13.2 Å². The summed E-state index contributed by atoms with van der Waals surface area (Å²) < 4.78 is 43.1. The minimum atomic E-state index is -3.83. The van der Waals surface area contributed by atoms with E-state index in [-0.39, 0.29) is 48.3 Å². The summed E-state index contributed by atoms with van der Waals surface area (Å²) >= 11 is 0. The van der Waals surface area contributed by atoms with E-state index in [0.717, 1.165) is 0 Å². The Morgan fingerprint density at radius 1 is 1.20 bits per heavy atom. The Hall–Kier alpha value is -2.89. The van der Waals surface area contributed by atoms with Crippen molar-refractivity contribution in [1.29, 1.82) is 0 Å². The van der Waals surface area contributed by atoms with E-state index in [2.05, 4.69) is 10.6 Å². The number of ether oxygens (including phenoxy) is 2. The van der Waals surface area contributed by atoms with Crippen molar-refractivity contribution in [2.75, 3.05) is 44.8 Å². The summed E-state index contributed by atoms with van der Waals surface area (Å²) in [4.78, 5) is 24.0. The second-order valence-electron chi connectivity index (χ2n) is 6.32. The summed E-state index contributed by atoms with van der Waals surface area (Å²) in [7, 11) is -3.83. The fraction of sp³-hybridized carbons (Fsp3) is 0.368. The number of furan rings is 1. The van der Waals surface area contributed by atoms with Crippen molar-refractivity contribution in [3.63, 3.8) is 0 Å². The lowest BCUT2D eigenvalue weighted by Crippen LogP contribution is -2.40. The molecule has 1 aromatic carbocycles. The molecule has 0 spiro atoms. The van der Waals surface area contributed by atoms with Gasteiger partial charge in [-0.25, -0.2) is 8.42 Å². The first-order valence-electron chi connectivity index (χ1n) is 9.38. The van der Waals surface area contributed by atoms with Gasteiger partial charge in [-0.2, -0.15) is 4.31 Å². The van der Waals surface area contributed by atoms with E-state index < -0.39 is 21.8 Å². The Bertz CT molecular complexity index is 984. The van der Waals surface area contributed by atoms with Gasteiger partial charge in [-0.1, -0.05) is 0 Å². The van der Waals surface area contributed by atoms with Gasteiger partial charge in [0.25, 0.3) is 5.91 Å². The number of hydrogen-bond acceptors (Lipinski definition) is 7. The van der Waals surface area contributed by atoms with Crippen LogP contribution in [0.1, 0.15) is 17.5 Å². The molecular formula is C19H23N3O7S. The molecule has 0 radical (unpaired) electrons. The average Bonchev–Trinajstić information content (AvgIpc) is 3.29. The molecule has 0 unspecified atom stereocenters. The van der Waals surface area contributed by atoms with Crippen molar-refractivity contribution in [2.45, 2.75) is 11.8 Å². The monoisotopic (exact) mass is 437 g/mol. The number of nitrogens with one attached hydrogen (secondary N) is 2. The Labute approximate surface area is 174 Å². The molecule has 2 amide bonds. The van der Waals surface area contributed by atoms with Gasteiger partial charge < -0.3 is 24.5 Å². The molecule has 0 bridgehead atoms. The van der Waals surface area contributed by atoms with Gasteiger partial charge in [0, 0.05) is 18.8 Å². The second-order valence-corrected chi connectivity index (χ2v) is 8.23. The maximum absolute atomic E-state index is 13.1. The lowest BCUT2D eigenvalue weighted by atomic mass is 10.3. The molecule has 10 nitrogen and oxygen atoms in total. The highest BCUT2D eigenvalue weighted by Gasteiger charge is 2.29. The van der Waals surface area contributed by atoms with Crippen LogP contribution in [-0.4, -0.2) is 64.0 Å². The number of morpholine rings is 1. The fourth-order valence-corrected chi connectivity index (χ4v) is 4.41. The number of carbonyl (C=O) groups is 2. The molecule has 2 N–H and O–H groups in total. The van der Waals surface area contributed by atoms with E-state index in [9.17, 15) is 18.0 Å². The molecule has 1 fully saturated rings. The summed E-state index contributed by atoms with van der Waals surface area (Å²) in [5, 5.41) is 5.00. The summed E-state index contributed by atoms with van der Waals surface area (Å²) in [5.41, 5.74) is 0.266. The maximum atomic E-state index is 13.1. The van der Waals surface area contributed by atoms with Crippen LogP contribution in [0, 0.1) is 0 Å². The SMILES string of the molecule is CCOc1ccc(NC(=O)CNC(=O)c2ccco2)cc1S(=O)(=O)N1CCOCC1. The van der Waals surface area contributed by atoms with Crippen LogP contribution in [0.4, 0.5) is 5.69 Å². The Morgan fingerprint density at radius 2 is 1.97 bits per heavy atom. The average molecular weight is 437 g/mol. The normalized spacial score (nSPS) is 14.8. The number of carbonyl (C=O) groups excluding carboxylic acids is 2. The first-order chi connectivity index (χ1) is 14.4. The summed E-state index contributed by atoms with van der Waals surface area (Å²) in [6.07, 6.45) is 1.35. The van der Waals surface area contributed by atoms with Gasteiger partial charge in [0.1, 0.15) is 10.6 Å². The zero-order valence-corrected chi connectivity index (χ0v) is 17.2. The number of nitrogens with zero attached hydrogens (tertiary/aromatic N) is 1. The number of hydrogen-bond donors (Lipinski definition) is 2. The van der Waals surface area contributed by atoms with Crippen molar-refractivity contribution < 1.29 is 31.9 Å². The number of anilines is 1. The zero-order chi connectivity index (χ0) is 21.6. The van der Waals surface area contributed by atoms with Crippen LogP contribution in [-0.2, 0) is 19.6 Å². The molecule has 1 aromatic heterocycles. The van der Waals surface area contributed by atoms with Crippen molar-refractivity contribution >= 4 is 27.5 Å². The highest BCUT2D eigenvalue weighted by atomic mass is 32.2. The molecule has 0 saturated carbocycles. The molecule has 11 heteroatoms. The Morgan fingerprint density at radius 3 is 2.63 bits per heavy atom. The molecule has 0 atom stereocenters. The van der Waals surface area contributed by atoms with Gasteiger partial charge in [-0.3, -0.25) is 9.59 Å². The van der Waals surface area contributed by atoms with Crippen LogP contribution in [0.15, 0.2) is 45.9 Å². The molecule has 2 aromatic rings. The highest BCUT2D eigenvalue weighted by molar-refractivity contribution is 7.89. The Kier molecular flexibility index (Phi) is 7.08. The number of rotatable bonds is 8. The summed E-state index contributed by atoms with van der Waals surface area (Å²) in [6.45, 7) is 2.84. The van der Waals surface area contributed by atoms with E-state index in [1.54, 1.807) is 13.0 Å². The zero-order valence-electron chi connectivity index (χ0n) is 16.4. The van der Waals surface area contributed by atoms with Gasteiger partial charge in [-0.05, 0) is 37.3 Å². The summed E-state index contributed by atoms with van der Waals surface area (Å²) in [6, 6.07) is 7.42.